The molecule has 6 heteroatoms. The number of halogens is 1. The molecule has 0 unspecified atom stereocenters. The van der Waals surface area contributed by atoms with Crippen LogP contribution in [0.1, 0.15) is 20.3 Å². The van der Waals surface area contributed by atoms with Crippen molar-refractivity contribution < 1.29 is 9.47 Å². The van der Waals surface area contributed by atoms with Crippen molar-refractivity contribution in [2.45, 2.75) is 20.3 Å². The molecule has 0 amide bonds. The number of hydrogen-bond donors (Lipinski definition) is 1. The molecule has 0 aliphatic heterocycles. The number of hydrogen-bond acceptors (Lipinski definition) is 5. The van der Waals surface area contributed by atoms with E-state index in [2.05, 4.69) is 38.1 Å². The van der Waals surface area contributed by atoms with Crippen LogP contribution in [-0.2, 0) is 0 Å². The zero-order valence-corrected chi connectivity index (χ0v) is 13.7. The predicted octanol–water partition coefficient (Wildman–Crippen LogP) is 4.25. The van der Waals surface area contributed by atoms with E-state index in [4.69, 9.17) is 9.47 Å². The van der Waals surface area contributed by atoms with Crippen molar-refractivity contribution in [3.8, 4) is 17.4 Å². The second kappa shape index (κ2) is 7.83. The fourth-order valence-electron chi connectivity index (χ4n) is 1.69. The van der Waals surface area contributed by atoms with Gasteiger partial charge in [0.1, 0.15) is 16.6 Å². The van der Waals surface area contributed by atoms with Gasteiger partial charge in [0.25, 0.3) is 0 Å². The largest absolute Gasteiger partial charge is 0.490 e. The van der Waals surface area contributed by atoms with Gasteiger partial charge in [0.2, 0.25) is 5.88 Å². The van der Waals surface area contributed by atoms with Crippen LogP contribution < -0.4 is 14.8 Å². The third-order valence-electron chi connectivity index (χ3n) is 2.62. The molecule has 0 aliphatic rings. The standard InChI is InChI=1S/C15H18BrN3O2/c1-3-9-20-11-7-5-6-8-12(11)21-15-13(16)14(17-4-2)18-10-19-15/h5-8,10H,3-4,9H2,1-2H3,(H,17,18,19). The third kappa shape index (κ3) is 4.07. The maximum atomic E-state index is 5.86. The summed E-state index contributed by atoms with van der Waals surface area (Å²) in [6.07, 6.45) is 2.41. The van der Waals surface area contributed by atoms with E-state index in [1.807, 2.05) is 31.2 Å². The summed E-state index contributed by atoms with van der Waals surface area (Å²) in [4.78, 5) is 8.32. The van der Waals surface area contributed by atoms with Crippen LogP contribution in [0.15, 0.2) is 35.1 Å². The van der Waals surface area contributed by atoms with Gasteiger partial charge in [0, 0.05) is 6.54 Å². The number of nitrogens with one attached hydrogen (secondary N) is 1. The molecule has 0 saturated heterocycles. The lowest BCUT2D eigenvalue weighted by Gasteiger charge is -2.13. The molecule has 2 rings (SSSR count). The van der Waals surface area contributed by atoms with Crippen LogP contribution in [0.3, 0.4) is 0 Å². The van der Waals surface area contributed by atoms with Crippen molar-refractivity contribution in [3.63, 3.8) is 0 Å². The molecule has 0 radical (unpaired) electrons. The molecule has 1 heterocycles. The minimum atomic E-state index is 0.452. The second-order valence-corrected chi connectivity index (χ2v) is 5.06. The number of anilines is 1. The molecule has 21 heavy (non-hydrogen) atoms. The lowest BCUT2D eigenvalue weighted by atomic mass is 10.3. The Morgan fingerprint density at radius 2 is 1.90 bits per heavy atom. The number of ether oxygens (including phenoxy) is 2. The van der Waals surface area contributed by atoms with Crippen LogP contribution in [0.25, 0.3) is 0 Å². The minimum Gasteiger partial charge on any atom is -0.490 e. The van der Waals surface area contributed by atoms with Gasteiger partial charge >= 0.3 is 0 Å². The summed E-state index contributed by atoms with van der Waals surface area (Å²) in [7, 11) is 0. The lowest BCUT2D eigenvalue weighted by molar-refractivity contribution is 0.300. The van der Waals surface area contributed by atoms with Gasteiger partial charge in [-0.2, -0.15) is 0 Å². The van der Waals surface area contributed by atoms with Crippen LogP contribution in [0, 0.1) is 0 Å². The highest BCUT2D eigenvalue weighted by atomic mass is 79.9. The maximum absolute atomic E-state index is 5.86. The minimum absolute atomic E-state index is 0.452. The first-order chi connectivity index (χ1) is 10.3. The van der Waals surface area contributed by atoms with Crippen LogP contribution in [0.5, 0.6) is 17.4 Å². The van der Waals surface area contributed by atoms with E-state index in [1.54, 1.807) is 0 Å². The van der Waals surface area contributed by atoms with Gasteiger partial charge in [-0.15, -0.1) is 0 Å². The van der Waals surface area contributed by atoms with E-state index < -0.39 is 0 Å². The molecule has 1 aromatic carbocycles. The first kappa shape index (κ1) is 15.6. The van der Waals surface area contributed by atoms with Crippen LogP contribution >= 0.6 is 15.9 Å². The Morgan fingerprint density at radius 3 is 2.62 bits per heavy atom. The predicted molar refractivity (Wildman–Crippen MR) is 86.2 cm³/mol. The fourth-order valence-corrected chi connectivity index (χ4v) is 2.11. The third-order valence-corrected chi connectivity index (χ3v) is 3.33. The second-order valence-electron chi connectivity index (χ2n) is 4.27. The van der Waals surface area contributed by atoms with Crippen LogP contribution in [-0.4, -0.2) is 23.1 Å². The highest BCUT2D eigenvalue weighted by Gasteiger charge is 2.12. The van der Waals surface area contributed by atoms with E-state index in [-0.39, 0.29) is 0 Å². The SMILES string of the molecule is CCCOc1ccccc1Oc1ncnc(NCC)c1Br. The smallest absolute Gasteiger partial charge is 0.239 e. The molecule has 5 nitrogen and oxygen atoms in total. The molecule has 0 fully saturated rings. The van der Waals surface area contributed by atoms with Crippen molar-refractivity contribution in [2.75, 3.05) is 18.5 Å². The van der Waals surface area contributed by atoms with Crippen LogP contribution in [0.4, 0.5) is 5.82 Å². The van der Waals surface area contributed by atoms with E-state index in [1.165, 1.54) is 6.33 Å². The van der Waals surface area contributed by atoms with Gasteiger partial charge < -0.3 is 14.8 Å². The summed E-state index contributed by atoms with van der Waals surface area (Å²) < 4.78 is 12.2. The number of aromatic nitrogens is 2. The summed E-state index contributed by atoms with van der Waals surface area (Å²) >= 11 is 3.46. The zero-order chi connectivity index (χ0) is 15.1. The monoisotopic (exact) mass is 351 g/mol. The van der Waals surface area contributed by atoms with E-state index in [9.17, 15) is 0 Å². The number of nitrogens with zero attached hydrogens (tertiary/aromatic N) is 2. The Bertz CT molecular complexity index is 593. The average Bonchev–Trinajstić information content (AvgIpc) is 2.50. The molecular weight excluding hydrogens is 334 g/mol. The molecule has 1 aromatic heterocycles. The highest BCUT2D eigenvalue weighted by Crippen LogP contribution is 2.35. The van der Waals surface area contributed by atoms with E-state index in [0.29, 0.717) is 34.3 Å². The number of rotatable bonds is 7. The van der Waals surface area contributed by atoms with Crippen molar-refractivity contribution in [3.05, 3.63) is 35.1 Å². The summed E-state index contributed by atoms with van der Waals surface area (Å²) in [5, 5.41) is 3.14. The molecule has 2 aromatic rings. The Hall–Kier alpha value is -1.82. The first-order valence-corrected chi connectivity index (χ1v) is 7.69. The molecule has 112 valence electrons. The molecular formula is C15H18BrN3O2. The first-order valence-electron chi connectivity index (χ1n) is 6.90. The highest BCUT2D eigenvalue weighted by molar-refractivity contribution is 9.10. The number of para-hydroxylation sites is 2. The zero-order valence-electron chi connectivity index (χ0n) is 12.1. The van der Waals surface area contributed by atoms with Gasteiger partial charge in [-0.05, 0) is 41.4 Å². The molecule has 0 saturated carbocycles. The topological polar surface area (TPSA) is 56.3 Å². The Balaban J connectivity index is 2.24. The fraction of sp³-hybridized carbons (Fsp3) is 0.333. The Morgan fingerprint density at radius 1 is 1.14 bits per heavy atom. The molecule has 0 aliphatic carbocycles. The summed E-state index contributed by atoms with van der Waals surface area (Å²) in [5.41, 5.74) is 0. The van der Waals surface area contributed by atoms with Gasteiger partial charge in [-0.1, -0.05) is 19.1 Å². The summed E-state index contributed by atoms with van der Waals surface area (Å²) in [6.45, 7) is 5.48. The van der Waals surface area contributed by atoms with Crippen molar-refractivity contribution in [2.24, 2.45) is 0 Å². The molecule has 0 atom stereocenters. The van der Waals surface area contributed by atoms with E-state index in [0.717, 1.165) is 13.0 Å². The quantitative estimate of drug-likeness (QED) is 0.807. The summed E-state index contributed by atoms with van der Waals surface area (Å²) in [5.74, 6) is 2.49. The Labute approximate surface area is 132 Å². The number of benzene rings is 1. The van der Waals surface area contributed by atoms with E-state index >= 15 is 0 Å². The van der Waals surface area contributed by atoms with Gasteiger partial charge in [-0.25, -0.2) is 9.97 Å². The molecule has 0 spiro atoms. The van der Waals surface area contributed by atoms with Gasteiger partial charge in [0.15, 0.2) is 11.5 Å². The van der Waals surface area contributed by atoms with Gasteiger partial charge in [0.05, 0.1) is 6.61 Å². The van der Waals surface area contributed by atoms with Crippen molar-refractivity contribution in [1.29, 1.82) is 0 Å². The van der Waals surface area contributed by atoms with Crippen molar-refractivity contribution >= 4 is 21.7 Å². The summed E-state index contributed by atoms with van der Waals surface area (Å²) in [6, 6.07) is 7.54. The average molecular weight is 352 g/mol. The Kier molecular flexibility index (Phi) is 5.80. The lowest BCUT2D eigenvalue weighted by Crippen LogP contribution is -2.03. The van der Waals surface area contributed by atoms with Crippen molar-refractivity contribution in [1.82, 2.24) is 9.97 Å². The van der Waals surface area contributed by atoms with Gasteiger partial charge in [-0.3, -0.25) is 0 Å². The molecule has 0 bridgehead atoms. The maximum Gasteiger partial charge on any atom is 0.239 e. The molecule has 1 N–H and O–H groups in total. The van der Waals surface area contributed by atoms with Crippen LogP contribution in [0.2, 0.25) is 0 Å². The normalized spacial score (nSPS) is 10.2.